The Bertz CT molecular complexity index is 602. The van der Waals surface area contributed by atoms with Crippen LogP contribution >= 0.6 is 0 Å². The van der Waals surface area contributed by atoms with Gasteiger partial charge in [-0.15, -0.1) is 0 Å². The first-order chi connectivity index (χ1) is 13.6. The van der Waals surface area contributed by atoms with Gasteiger partial charge < -0.3 is 0 Å². The summed E-state index contributed by atoms with van der Waals surface area (Å²) < 4.78 is 39.9. The van der Waals surface area contributed by atoms with Crippen molar-refractivity contribution in [1.82, 2.24) is 4.98 Å². The number of aryl methyl sites for hydroxylation is 1. The summed E-state index contributed by atoms with van der Waals surface area (Å²) in [5, 5.41) is 0. The summed E-state index contributed by atoms with van der Waals surface area (Å²) in [6.07, 6.45) is 17.5. The number of nitrogens with zero attached hydrogens (tertiary/aromatic N) is 1. The lowest BCUT2D eigenvalue weighted by molar-refractivity contribution is 0.140. The summed E-state index contributed by atoms with van der Waals surface area (Å²) in [5.74, 6) is 0.0779. The minimum atomic E-state index is -1.35. The maximum Gasteiger partial charge on any atom is 0.251 e. The molecule has 1 aromatic heterocycles. The molecular weight excluding hydrogens is 359 g/mol. The number of hydrogen-bond acceptors (Lipinski definition) is 1. The van der Waals surface area contributed by atoms with Crippen LogP contribution in [0.25, 0.3) is 0 Å². The van der Waals surface area contributed by atoms with Gasteiger partial charge in [0, 0.05) is 5.56 Å². The fourth-order valence-electron chi connectivity index (χ4n) is 5.60. The molecule has 2 saturated carbocycles. The van der Waals surface area contributed by atoms with Crippen LogP contribution in [0, 0.1) is 41.4 Å². The molecule has 0 radical (unpaired) electrons. The molecule has 0 saturated heterocycles. The molecule has 1 nitrogen and oxygen atoms in total. The second kappa shape index (κ2) is 10.6. The van der Waals surface area contributed by atoms with E-state index in [-0.39, 0.29) is 5.56 Å². The number of pyridine rings is 1. The van der Waals surface area contributed by atoms with Gasteiger partial charge in [0.05, 0.1) is 0 Å². The van der Waals surface area contributed by atoms with Gasteiger partial charge in [-0.25, -0.2) is 4.39 Å². The van der Waals surface area contributed by atoms with Crippen LogP contribution in [-0.2, 0) is 6.42 Å². The third kappa shape index (κ3) is 5.97. The molecule has 158 valence electrons. The van der Waals surface area contributed by atoms with Crippen LogP contribution in [0.4, 0.5) is 13.2 Å². The van der Waals surface area contributed by atoms with E-state index in [9.17, 15) is 13.2 Å². The van der Waals surface area contributed by atoms with Crippen molar-refractivity contribution in [3.63, 3.8) is 0 Å². The second-order valence-corrected chi connectivity index (χ2v) is 9.31. The molecule has 0 spiro atoms. The van der Waals surface area contributed by atoms with Gasteiger partial charge in [-0.1, -0.05) is 58.3 Å². The van der Waals surface area contributed by atoms with E-state index in [4.69, 9.17) is 0 Å². The smallest absolute Gasteiger partial charge is 0.202 e. The zero-order valence-corrected chi connectivity index (χ0v) is 17.4. The molecular formula is C24H36F3N. The van der Waals surface area contributed by atoms with Gasteiger partial charge in [-0.05, 0) is 68.3 Å². The number of unbranched alkanes of at least 4 members (excludes halogenated alkanes) is 2. The highest BCUT2D eigenvalue weighted by Gasteiger charge is 2.30. The van der Waals surface area contributed by atoms with Crippen molar-refractivity contribution in [3.05, 3.63) is 29.3 Å². The lowest BCUT2D eigenvalue weighted by atomic mass is 9.68. The minimum absolute atomic E-state index is 0.211. The topological polar surface area (TPSA) is 12.9 Å². The molecule has 0 unspecified atom stereocenters. The zero-order valence-electron chi connectivity index (χ0n) is 17.4. The summed E-state index contributed by atoms with van der Waals surface area (Å²) in [5.41, 5.74) is 0.211. The lowest BCUT2D eigenvalue weighted by Crippen LogP contribution is -2.26. The normalized spacial score (nSPS) is 28.4. The first kappa shape index (κ1) is 21.6. The lowest BCUT2D eigenvalue weighted by Gasteiger charge is -2.38. The zero-order chi connectivity index (χ0) is 19.9. The number of rotatable bonds is 8. The molecule has 0 atom stereocenters. The van der Waals surface area contributed by atoms with E-state index in [1.807, 2.05) is 0 Å². The van der Waals surface area contributed by atoms with Crippen molar-refractivity contribution < 1.29 is 13.2 Å². The maximum atomic E-state index is 13.7. The fraction of sp³-hybridized carbons (Fsp3) is 0.792. The Kier molecular flexibility index (Phi) is 8.23. The number of halogens is 3. The van der Waals surface area contributed by atoms with Gasteiger partial charge in [0.25, 0.3) is 5.95 Å². The number of aromatic nitrogens is 1. The van der Waals surface area contributed by atoms with Crippen molar-refractivity contribution in [2.75, 3.05) is 0 Å². The van der Waals surface area contributed by atoms with Crippen LogP contribution in [0.2, 0.25) is 0 Å². The van der Waals surface area contributed by atoms with E-state index in [1.165, 1.54) is 77.0 Å². The highest BCUT2D eigenvalue weighted by molar-refractivity contribution is 5.13. The van der Waals surface area contributed by atoms with E-state index in [2.05, 4.69) is 11.9 Å². The maximum absolute atomic E-state index is 13.7. The largest absolute Gasteiger partial charge is 0.251 e. The van der Waals surface area contributed by atoms with Gasteiger partial charge in [-0.2, -0.15) is 13.8 Å². The molecule has 2 fully saturated rings. The van der Waals surface area contributed by atoms with E-state index < -0.39 is 17.7 Å². The third-order valence-electron chi connectivity index (χ3n) is 7.45. The van der Waals surface area contributed by atoms with Crippen molar-refractivity contribution in [2.24, 2.45) is 23.7 Å². The van der Waals surface area contributed by atoms with Crippen LogP contribution in [0.3, 0.4) is 0 Å². The molecule has 0 aliphatic heterocycles. The van der Waals surface area contributed by atoms with Gasteiger partial charge in [0.1, 0.15) is 0 Å². The minimum Gasteiger partial charge on any atom is -0.202 e. The highest BCUT2D eigenvalue weighted by Crippen LogP contribution is 2.43. The summed E-state index contributed by atoms with van der Waals surface area (Å²) >= 11 is 0. The molecule has 1 heterocycles. The first-order valence-corrected chi connectivity index (χ1v) is 11.6. The predicted octanol–water partition coefficient (Wildman–Crippen LogP) is 7.62. The molecule has 2 aliphatic rings. The van der Waals surface area contributed by atoms with Crippen molar-refractivity contribution >= 4 is 0 Å². The van der Waals surface area contributed by atoms with Gasteiger partial charge >= 0.3 is 0 Å². The van der Waals surface area contributed by atoms with E-state index >= 15 is 0 Å². The van der Waals surface area contributed by atoms with Crippen LogP contribution < -0.4 is 0 Å². The summed E-state index contributed by atoms with van der Waals surface area (Å²) in [6.45, 7) is 2.28. The Hall–Kier alpha value is -1.06. The van der Waals surface area contributed by atoms with Crippen LogP contribution in [-0.4, -0.2) is 4.98 Å². The molecule has 3 rings (SSSR count). The average Bonchev–Trinajstić information content (AvgIpc) is 2.71. The quantitative estimate of drug-likeness (QED) is 0.326. The second-order valence-electron chi connectivity index (χ2n) is 9.31. The first-order valence-electron chi connectivity index (χ1n) is 11.6. The molecule has 0 amide bonds. The molecule has 2 aliphatic carbocycles. The van der Waals surface area contributed by atoms with Gasteiger partial charge in [-0.3, -0.25) is 0 Å². The highest BCUT2D eigenvalue weighted by atomic mass is 19.2. The summed E-state index contributed by atoms with van der Waals surface area (Å²) in [7, 11) is 0. The van der Waals surface area contributed by atoms with Crippen LogP contribution in [0.1, 0.15) is 96.0 Å². The van der Waals surface area contributed by atoms with E-state index in [0.29, 0.717) is 12.3 Å². The molecule has 0 bridgehead atoms. The average molecular weight is 396 g/mol. The fourth-order valence-corrected chi connectivity index (χ4v) is 5.60. The Labute approximate surface area is 168 Å². The standard InChI is InChI=1S/C24H36F3N/c1-2-3-4-5-17-6-11-19(12-7-17)20-13-8-18(9-14-20)10-15-21-16-22(25)24(27)28-23(21)26/h16-20H,2-15H2,1H3. The molecule has 0 N–H and O–H groups in total. The Morgan fingerprint density at radius 2 is 1.36 bits per heavy atom. The molecule has 0 aromatic carbocycles. The van der Waals surface area contributed by atoms with Gasteiger partial charge in [0.15, 0.2) is 5.82 Å². The van der Waals surface area contributed by atoms with Crippen LogP contribution in [0.15, 0.2) is 6.07 Å². The number of hydrogen-bond donors (Lipinski definition) is 0. The van der Waals surface area contributed by atoms with E-state index in [1.54, 1.807) is 0 Å². The molecule has 28 heavy (non-hydrogen) atoms. The molecule has 1 aromatic rings. The summed E-state index contributed by atoms with van der Waals surface area (Å²) in [6, 6.07) is 0.974. The SMILES string of the molecule is CCCCCC1CCC(C2CCC(CCc3cc(F)c(F)nc3F)CC2)CC1. The third-order valence-corrected chi connectivity index (χ3v) is 7.45. The monoisotopic (exact) mass is 395 g/mol. The predicted molar refractivity (Wildman–Crippen MR) is 107 cm³/mol. The Balaban J connectivity index is 1.37. The van der Waals surface area contributed by atoms with Crippen molar-refractivity contribution in [1.29, 1.82) is 0 Å². The molecule has 4 heteroatoms. The van der Waals surface area contributed by atoms with E-state index in [0.717, 1.165) is 30.2 Å². The van der Waals surface area contributed by atoms with Crippen molar-refractivity contribution in [3.8, 4) is 0 Å². The summed E-state index contributed by atoms with van der Waals surface area (Å²) in [4.78, 5) is 3.03. The van der Waals surface area contributed by atoms with Crippen molar-refractivity contribution in [2.45, 2.75) is 96.8 Å². The van der Waals surface area contributed by atoms with Gasteiger partial charge in [0.2, 0.25) is 5.95 Å². The van der Waals surface area contributed by atoms with Crippen LogP contribution in [0.5, 0.6) is 0 Å². The Morgan fingerprint density at radius 3 is 1.93 bits per heavy atom. The Morgan fingerprint density at radius 1 is 0.786 bits per heavy atom.